The summed E-state index contributed by atoms with van der Waals surface area (Å²) in [4.78, 5) is 5.17. The Hall–Kier alpha value is -1.85. The van der Waals surface area contributed by atoms with E-state index in [1.54, 1.807) is 6.20 Å². The van der Waals surface area contributed by atoms with Gasteiger partial charge in [-0.1, -0.05) is 23.7 Å². The van der Waals surface area contributed by atoms with Crippen molar-refractivity contribution in [3.8, 4) is 11.3 Å². The van der Waals surface area contributed by atoms with Crippen LogP contribution in [0, 0.1) is 0 Å². The smallest absolute Gasteiger partial charge is 0.183 e. The molecule has 4 rings (SSSR count). The highest BCUT2D eigenvalue weighted by molar-refractivity contribution is 7.15. The molecule has 2 heterocycles. The molecule has 0 unspecified atom stereocenters. The number of rotatable bonds is 4. The molecule has 0 bridgehead atoms. The van der Waals surface area contributed by atoms with Gasteiger partial charge in [-0.05, 0) is 31.4 Å². The lowest BCUT2D eigenvalue weighted by molar-refractivity contribution is 0.867. The summed E-state index contributed by atoms with van der Waals surface area (Å²) >= 11 is 7.34. The minimum Gasteiger partial charge on any atom is -0.380 e. The first-order valence-electron chi connectivity index (χ1n) is 7.30. The highest BCUT2D eigenvalue weighted by atomic mass is 35.5. The predicted molar refractivity (Wildman–Crippen MR) is 90.5 cm³/mol. The van der Waals surface area contributed by atoms with E-state index >= 15 is 0 Å². The monoisotopic (exact) mass is 330 g/mol. The van der Waals surface area contributed by atoms with Gasteiger partial charge in [-0.2, -0.15) is 5.10 Å². The molecule has 0 saturated heterocycles. The van der Waals surface area contributed by atoms with Gasteiger partial charge >= 0.3 is 0 Å². The lowest BCUT2D eigenvalue weighted by atomic mass is 10.1. The molecule has 1 aromatic carbocycles. The van der Waals surface area contributed by atoms with Crippen LogP contribution in [-0.4, -0.2) is 15.2 Å². The van der Waals surface area contributed by atoms with Gasteiger partial charge in [0.25, 0.3) is 0 Å². The SMILES string of the molecule is Clc1ncc(CNc2ccc(-c3n[nH]c4c3CCC4)cc2)s1. The average Bonchev–Trinajstić information content (AvgIpc) is 3.22. The molecule has 0 aliphatic heterocycles. The van der Waals surface area contributed by atoms with Crippen LogP contribution in [0.15, 0.2) is 30.5 Å². The second kappa shape index (κ2) is 5.74. The first kappa shape index (κ1) is 13.8. The van der Waals surface area contributed by atoms with Gasteiger partial charge < -0.3 is 5.32 Å². The number of aryl methyl sites for hydroxylation is 1. The van der Waals surface area contributed by atoms with Crippen molar-refractivity contribution in [3.05, 3.63) is 51.1 Å². The third-order valence-electron chi connectivity index (χ3n) is 3.96. The van der Waals surface area contributed by atoms with Gasteiger partial charge in [0.2, 0.25) is 0 Å². The Labute approximate surface area is 137 Å². The summed E-state index contributed by atoms with van der Waals surface area (Å²) in [6.07, 6.45) is 5.29. The summed E-state index contributed by atoms with van der Waals surface area (Å²) < 4.78 is 0.583. The summed E-state index contributed by atoms with van der Waals surface area (Å²) in [5, 5.41) is 11.0. The van der Waals surface area contributed by atoms with Crippen molar-refractivity contribution >= 4 is 28.6 Å². The second-order valence-electron chi connectivity index (χ2n) is 5.39. The zero-order valence-electron chi connectivity index (χ0n) is 11.9. The van der Waals surface area contributed by atoms with Crippen LogP contribution in [0.25, 0.3) is 11.3 Å². The molecular formula is C16H15ClN4S. The van der Waals surface area contributed by atoms with Gasteiger partial charge in [0, 0.05) is 33.6 Å². The second-order valence-corrected chi connectivity index (χ2v) is 7.09. The molecule has 6 heteroatoms. The lowest BCUT2D eigenvalue weighted by Gasteiger charge is -2.06. The van der Waals surface area contributed by atoms with E-state index < -0.39 is 0 Å². The maximum Gasteiger partial charge on any atom is 0.183 e. The van der Waals surface area contributed by atoms with Gasteiger partial charge in [0.15, 0.2) is 4.47 Å². The third kappa shape index (κ3) is 2.62. The van der Waals surface area contributed by atoms with Crippen molar-refractivity contribution in [1.82, 2.24) is 15.2 Å². The average molecular weight is 331 g/mol. The zero-order chi connectivity index (χ0) is 14.9. The Bertz CT molecular complexity index is 791. The molecule has 0 spiro atoms. The molecule has 0 fully saturated rings. The maximum atomic E-state index is 5.84. The van der Waals surface area contributed by atoms with Crippen LogP contribution in [0.4, 0.5) is 5.69 Å². The van der Waals surface area contributed by atoms with E-state index in [0.29, 0.717) is 4.47 Å². The summed E-state index contributed by atoms with van der Waals surface area (Å²) in [7, 11) is 0. The molecule has 3 aromatic rings. The number of fused-ring (bicyclic) bond motifs is 1. The summed E-state index contributed by atoms with van der Waals surface area (Å²) in [5.41, 5.74) is 6.05. The van der Waals surface area contributed by atoms with Gasteiger partial charge in [0.05, 0.1) is 12.2 Å². The van der Waals surface area contributed by atoms with E-state index in [4.69, 9.17) is 11.6 Å². The Balaban J connectivity index is 1.48. The van der Waals surface area contributed by atoms with Gasteiger partial charge in [-0.15, -0.1) is 11.3 Å². The van der Waals surface area contributed by atoms with Crippen molar-refractivity contribution in [2.24, 2.45) is 0 Å². The number of hydrogen-bond donors (Lipinski definition) is 2. The van der Waals surface area contributed by atoms with Gasteiger partial charge in [-0.25, -0.2) is 4.98 Å². The first-order valence-corrected chi connectivity index (χ1v) is 8.49. The first-order chi connectivity index (χ1) is 10.8. The van der Waals surface area contributed by atoms with Crippen molar-refractivity contribution in [2.45, 2.75) is 25.8 Å². The highest BCUT2D eigenvalue weighted by Crippen LogP contribution is 2.30. The van der Waals surface area contributed by atoms with E-state index in [0.717, 1.165) is 35.6 Å². The van der Waals surface area contributed by atoms with Crippen LogP contribution < -0.4 is 5.32 Å². The minimum absolute atomic E-state index is 0.583. The number of nitrogens with one attached hydrogen (secondary N) is 2. The molecule has 0 saturated carbocycles. The van der Waals surface area contributed by atoms with Crippen LogP contribution in [0.1, 0.15) is 22.6 Å². The molecule has 2 N–H and O–H groups in total. The fourth-order valence-corrected chi connectivity index (χ4v) is 3.78. The topological polar surface area (TPSA) is 53.6 Å². The van der Waals surface area contributed by atoms with Gasteiger partial charge in [-0.3, -0.25) is 5.10 Å². The fraction of sp³-hybridized carbons (Fsp3) is 0.250. The lowest BCUT2D eigenvalue weighted by Crippen LogP contribution is -1.97. The van der Waals surface area contributed by atoms with Crippen LogP contribution in [-0.2, 0) is 19.4 Å². The van der Waals surface area contributed by atoms with Crippen LogP contribution in [0.5, 0.6) is 0 Å². The van der Waals surface area contributed by atoms with Crippen molar-refractivity contribution < 1.29 is 0 Å². The van der Waals surface area contributed by atoms with E-state index in [2.05, 4.69) is 44.8 Å². The summed E-state index contributed by atoms with van der Waals surface area (Å²) in [6.45, 7) is 0.738. The molecular weight excluding hydrogens is 316 g/mol. The number of H-pyrrole nitrogens is 1. The number of nitrogens with zero attached hydrogens (tertiary/aromatic N) is 2. The predicted octanol–water partition coefficient (Wildman–Crippen LogP) is 4.29. The van der Waals surface area contributed by atoms with Gasteiger partial charge in [0.1, 0.15) is 0 Å². The number of thiazole rings is 1. The van der Waals surface area contributed by atoms with Crippen molar-refractivity contribution in [2.75, 3.05) is 5.32 Å². The van der Waals surface area contributed by atoms with E-state index in [-0.39, 0.29) is 0 Å². The number of hydrogen-bond acceptors (Lipinski definition) is 4. The fourth-order valence-electron chi connectivity index (χ4n) is 2.86. The zero-order valence-corrected chi connectivity index (χ0v) is 13.5. The van der Waals surface area contributed by atoms with E-state index in [1.165, 1.54) is 34.6 Å². The van der Waals surface area contributed by atoms with Crippen LogP contribution >= 0.6 is 22.9 Å². The normalized spacial score (nSPS) is 13.3. The molecule has 112 valence electrons. The number of anilines is 1. The van der Waals surface area contributed by atoms with Crippen molar-refractivity contribution in [3.63, 3.8) is 0 Å². The molecule has 2 aromatic heterocycles. The van der Waals surface area contributed by atoms with Crippen LogP contribution in [0.2, 0.25) is 4.47 Å². The molecule has 0 radical (unpaired) electrons. The summed E-state index contributed by atoms with van der Waals surface area (Å²) in [6, 6.07) is 8.43. The molecule has 1 aliphatic rings. The number of aromatic amines is 1. The molecule has 22 heavy (non-hydrogen) atoms. The molecule has 4 nitrogen and oxygen atoms in total. The maximum absolute atomic E-state index is 5.84. The summed E-state index contributed by atoms with van der Waals surface area (Å²) in [5.74, 6) is 0. The van der Waals surface area contributed by atoms with E-state index in [1.807, 2.05) is 0 Å². The quantitative estimate of drug-likeness (QED) is 0.750. The number of benzene rings is 1. The highest BCUT2D eigenvalue weighted by Gasteiger charge is 2.19. The van der Waals surface area contributed by atoms with Crippen molar-refractivity contribution in [1.29, 1.82) is 0 Å². The minimum atomic E-state index is 0.583. The van der Waals surface area contributed by atoms with Crippen LogP contribution in [0.3, 0.4) is 0 Å². The molecule has 0 atom stereocenters. The van der Waals surface area contributed by atoms with E-state index in [9.17, 15) is 0 Å². The Morgan fingerprint density at radius 1 is 1.23 bits per heavy atom. The Kier molecular flexibility index (Phi) is 3.60. The largest absolute Gasteiger partial charge is 0.380 e. The Morgan fingerprint density at radius 3 is 2.86 bits per heavy atom. The number of aromatic nitrogens is 3. The Morgan fingerprint density at radius 2 is 2.09 bits per heavy atom. The molecule has 1 aliphatic carbocycles. The molecule has 0 amide bonds. The number of halogens is 1. The third-order valence-corrected chi connectivity index (χ3v) is 5.07. The standard InChI is InChI=1S/C16H15ClN4S/c17-16-19-9-12(22-16)8-18-11-6-4-10(5-7-11)15-13-2-1-3-14(13)20-21-15/h4-7,9,18H,1-3,8H2,(H,20,21).